The molecule has 0 aromatic carbocycles. The van der Waals surface area contributed by atoms with Crippen LogP contribution in [0.25, 0.3) is 0 Å². The molecule has 5 nitrogen and oxygen atoms in total. The molecule has 1 heterocycles. The summed E-state index contributed by atoms with van der Waals surface area (Å²) in [5, 5.41) is 2.66. The molecule has 24 heavy (non-hydrogen) atoms. The first kappa shape index (κ1) is 19.0. The van der Waals surface area contributed by atoms with Crippen LogP contribution in [-0.2, 0) is 0 Å². The number of hydrogen-bond donors (Lipinski definition) is 2. The Kier molecular flexibility index (Phi) is 5.44. The van der Waals surface area contributed by atoms with E-state index in [1.54, 1.807) is 6.92 Å². The fraction of sp³-hybridized carbons (Fsp3) is 0.600. The van der Waals surface area contributed by atoms with E-state index in [1.165, 1.54) is 6.20 Å². The molecule has 0 radical (unpaired) electrons. The molecule has 2 atom stereocenters. The maximum atomic E-state index is 12.6. The summed E-state index contributed by atoms with van der Waals surface area (Å²) >= 11 is 3.07. The van der Waals surface area contributed by atoms with Gasteiger partial charge < -0.3 is 15.8 Å². The molecular formula is C15H19BrF3N3O2. The second-order valence-corrected chi connectivity index (χ2v) is 7.18. The summed E-state index contributed by atoms with van der Waals surface area (Å²) in [6.45, 7) is 2.59. The third-order valence-corrected chi connectivity index (χ3v) is 4.22. The van der Waals surface area contributed by atoms with E-state index in [-0.39, 0.29) is 15.9 Å². The highest BCUT2D eigenvalue weighted by Gasteiger charge is 2.38. The molecule has 2 rings (SSSR count). The largest absolute Gasteiger partial charge is 0.480 e. The Labute approximate surface area is 146 Å². The lowest BCUT2D eigenvalue weighted by Crippen LogP contribution is -2.53. The van der Waals surface area contributed by atoms with Crippen molar-refractivity contribution in [2.75, 3.05) is 0 Å². The number of rotatable bonds is 6. The minimum Gasteiger partial charge on any atom is -0.480 e. The summed E-state index contributed by atoms with van der Waals surface area (Å²) in [4.78, 5) is 16.2. The predicted octanol–water partition coefficient (Wildman–Crippen LogP) is 3.38. The molecule has 1 saturated carbocycles. The van der Waals surface area contributed by atoms with Gasteiger partial charge in [0.05, 0.1) is 10.1 Å². The highest BCUT2D eigenvalue weighted by molar-refractivity contribution is 9.10. The van der Waals surface area contributed by atoms with Gasteiger partial charge in [-0.1, -0.05) is 12.8 Å². The molecular weight excluding hydrogens is 391 g/mol. The summed E-state index contributed by atoms with van der Waals surface area (Å²) in [7, 11) is 0. The van der Waals surface area contributed by atoms with Crippen molar-refractivity contribution in [1.29, 1.82) is 0 Å². The first-order chi connectivity index (χ1) is 11.0. The standard InChI is InChI=1S/C15H19BrF3N3O2/c1-8(15(17,18)19)24-12-5-11(21-7-10(12)16)13(23)22-14(2,20)6-9-3-4-9/h5,7-9H,3-4,6,20H2,1-2H3,(H,22,23)/t8-,14?/m0/s1. The quantitative estimate of drug-likeness (QED) is 0.706. The molecule has 1 aromatic rings. The van der Waals surface area contributed by atoms with Gasteiger partial charge in [-0.05, 0) is 42.1 Å². The number of nitrogens with two attached hydrogens (primary N) is 1. The fourth-order valence-electron chi connectivity index (χ4n) is 2.19. The van der Waals surface area contributed by atoms with Crippen molar-refractivity contribution in [2.24, 2.45) is 11.7 Å². The number of nitrogens with one attached hydrogen (secondary N) is 1. The lowest BCUT2D eigenvalue weighted by atomic mass is 10.1. The van der Waals surface area contributed by atoms with E-state index in [4.69, 9.17) is 10.5 Å². The molecule has 9 heteroatoms. The zero-order chi connectivity index (χ0) is 18.1. The Balaban J connectivity index is 2.10. The zero-order valence-corrected chi connectivity index (χ0v) is 14.9. The number of halogens is 4. The number of carbonyl (C=O) groups excluding carboxylic acids is 1. The molecule has 1 aromatic heterocycles. The van der Waals surface area contributed by atoms with Crippen LogP contribution in [0.1, 0.15) is 43.6 Å². The first-order valence-corrected chi connectivity index (χ1v) is 8.27. The first-order valence-electron chi connectivity index (χ1n) is 7.48. The number of ether oxygens (including phenoxy) is 1. The molecule has 0 spiro atoms. The van der Waals surface area contributed by atoms with Gasteiger partial charge in [0, 0.05) is 12.3 Å². The van der Waals surface area contributed by atoms with Gasteiger partial charge in [0.15, 0.2) is 6.10 Å². The van der Waals surface area contributed by atoms with Crippen molar-refractivity contribution in [3.63, 3.8) is 0 Å². The van der Waals surface area contributed by atoms with E-state index in [0.29, 0.717) is 12.3 Å². The van der Waals surface area contributed by atoms with Gasteiger partial charge in [-0.3, -0.25) is 4.79 Å². The molecule has 1 unspecified atom stereocenters. The minimum absolute atomic E-state index is 0.0601. The molecule has 1 aliphatic carbocycles. The van der Waals surface area contributed by atoms with E-state index in [2.05, 4.69) is 26.2 Å². The number of pyridine rings is 1. The van der Waals surface area contributed by atoms with Gasteiger partial charge in [0.1, 0.15) is 11.4 Å². The molecule has 0 saturated heterocycles. The fourth-order valence-corrected chi connectivity index (χ4v) is 2.50. The van der Waals surface area contributed by atoms with Crippen LogP contribution in [0.2, 0.25) is 0 Å². The molecule has 1 fully saturated rings. The highest BCUT2D eigenvalue weighted by atomic mass is 79.9. The average Bonchev–Trinajstić information content (AvgIpc) is 3.22. The van der Waals surface area contributed by atoms with E-state index in [9.17, 15) is 18.0 Å². The van der Waals surface area contributed by atoms with E-state index < -0.39 is 23.9 Å². The summed E-state index contributed by atoms with van der Waals surface area (Å²) in [5.41, 5.74) is 5.10. The molecule has 1 aliphatic rings. The molecule has 0 aliphatic heterocycles. The number of nitrogens with zero attached hydrogens (tertiary/aromatic N) is 1. The normalized spacial score (nSPS) is 18.6. The summed E-state index contributed by atoms with van der Waals surface area (Å²) in [5.74, 6) is -0.164. The molecule has 0 bridgehead atoms. The van der Waals surface area contributed by atoms with Crippen LogP contribution in [0, 0.1) is 5.92 Å². The number of aromatic nitrogens is 1. The smallest absolute Gasteiger partial charge is 0.425 e. The number of hydrogen-bond acceptors (Lipinski definition) is 4. The van der Waals surface area contributed by atoms with Crippen LogP contribution in [0.5, 0.6) is 5.75 Å². The minimum atomic E-state index is -4.51. The van der Waals surface area contributed by atoms with Crippen molar-refractivity contribution in [2.45, 2.75) is 51.1 Å². The van der Waals surface area contributed by atoms with Crippen LogP contribution >= 0.6 is 15.9 Å². The maximum absolute atomic E-state index is 12.6. The van der Waals surface area contributed by atoms with Crippen molar-refractivity contribution >= 4 is 21.8 Å². The second kappa shape index (κ2) is 6.87. The third-order valence-electron chi connectivity index (χ3n) is 3.63. The Bertz CT molecular complexity index is 618. The Morgan fingerprint density at radius 1 is 1.54 bits per heavy atom. The summed E-state index contributed by atoms with van der Waals surface area (Å²) in [6.07, 6.45) is -2.47. The van der Waals surface area contributed by atoms with Crippen molar-refractivity contribution in [1.82, 2.24) is 10.3 Å². The van der Waals surface area contributed by atoms with Crippen LogP contribution in [0.4, 0.5) is 13.2 Å². The van der Waals surface area contributed by atoms with Gasteiger partial charge in [0.2, 0.25) is 0 Å². The van der Waals surface area contributed by atoms with Gasteiger partial charge >= 0.3 is 6.18 Å². The second-order valence-electron chi connectivity index (χ2n) is 6.32. The van der Waals surface area contributed by atoms with Crippen LogP contribution in [0.15, 0.2) is 16.7 Å². The summed E-state index contributed by atoms with van der Waals surface area (Å²) in [6, 6.07) is 1.16. The van der Waals surface area contributed by atoms with Crippen molar-refractivity contribution in [3.05, 3.63) is 22.4 Å². The van der Waals surface area contributed by atoms with E-state index in [1.807, 2.05) is 0 Å². The van der Waals surface area contributed by atoms with Crippen LogP contribution in [-0.4, -0.2) is 28.8 Å². The van der Waals surface area contributed by atoms with Crippen LogP contribution < -0.4 is 15.8 Å². The Hall–Kier alpha value is -1.35. The van der Waals surface area contributed by atoms with E-state index in [0.717, 1.165) is 25.8 Å². The van der Waals surface area contributed by atoms with Gasteiger partial charge in [-0.15, -0.1) is 0 Å². The number of amides is 1. The Morgan fingerprint density at radius 2 is 2.17 bits per heavy atom. The van der Waals surface area contributed by atoms with Crippen molar-refractivity contribution < 1.29 is 22.7 Å². The van der Waals surface area contributed by atoms with Gasteiger partial charge in [0.25, 0.3) is 5.91 Å². The average molecular weight is 410 g/mol. The number of carbonyl (C=O) groups is 1. The van der Waals surface area contributed by atoms with Crippen LogP contribution in [0.3, 0.4) is 0 Å². The predicted molar refractivity (Wildman–Crippen MR) is 85.5 cm³/mol. The van der Waals surface area contributed by atoms with Gasteiger partial charge in [-0.25, -0.2) is 4.98 Å². The maximum Gasteiger partial charge on any atom is 0.425 e. The SMILES string of the molecule is C[C@H](Oc1cc(C(=O)NC(C)(N)CC2CC2)ncc1Br)C(F)(F)F. The molecule has 3 N–H and O–H groups in total. The molecule has 1 amide bonds. The number of alkyl halides is 3. The van der Waals surface area contributed by atoms with Crippen molar-refractivity contribution in [3.8, 4) is 5.75 Å². The molecule has 134 valence electrons. The zero-order valence-electron chi connectivity index (χ0n) is 13.3. The lowest BCUT2D eigenvalue weighted by Gasteiger charge is -2.26. The summed E-state index contributed by atoms with van der Waals surface area (Å²) < 4.78 is 43.0. The third kappa shape index (κ3) is 5.34. The topological polar surface area (TPSA) is 77.2 Å². The Morgan fingerprint density at radius 3 is 2.71 bits per heavy atom. The van der Waals surface area contributed by atoms with E-state index >= 15 is 0 Å². The lowest BCUT2D eigenvalue weighted by molar-refractivity contribution is -0.189. The highest BCUT2D eigenvalue weighted by Crippen LogP contribution is 2.35. The monoisotopic (exact) mass is 409 g/mol. The van der Waals surface area contributed by atoms with Gasteiger partial charge in [-0.2, -0.15) is 13.2 Å².